The number of amides is 1. The summed E-state index contributed by atoms with van der Waals surface area (Å²) in [5.41, 5.74) is 8.87. The summed E-state index contributed by atoms with van der Waals surface area (Å²) < 4.78 is 3.10. The lowest BCUT2D eigenvalue weighted by atomic mass is 10.2. The third-order valence-electron chi connectivity index (χ3n) is 4.04. The SMILES string of the molecule is Cc1ccc(Cl)c(-n2nc(C)cc2NC(=O)c2cnn3ccc(N)nc23)c1. The summed E-state index contributed by atoms with van der Waals surface area (Å²) in [5, 5.41) is 12.0. The number of hydrogen-bond donors (Lipinski definition) is 2. The van der Waals surface area contributed by atoms with E-state index in [-0.39, 0.29) is 5.91 Å². The molecule has 0 aliphatic carbocycles. The van der Waals surface area contributed by atoms with Crippen LogP contribution in [0.15, 0.2) is 42.7 Å². The highest BCUT2D eigenvalue weighted by atomic mass is 35.5. The van der Waals surface area contributed by atoms with Crippen molar-refractivity contribution >= 4 is 34.8 Å². The van der Waals surface area contributed by atoms with Crippen molar-refractivity contribution in [3.63, 3.8) is 0 Å². The lowest BCUT2D eigenvalue weighted by molar-refractivity contribution is 0.102. The molecule has 0 bridgehead atoms. The number of aromatic nitrogens is 5. The van der Waals surface area contributed by atoms with E-state index in [1.54, 1.807) is 29.1 Å². The molecule has 0 aliphatic heterocycles. The van der Waals surface area contributed by atoms with E-state index in [1.165, 1.54) is 10.7 Å². The zero-order chi connectivity index (χ0) is 19.1. The summed E-state index contributed by atoms with van der Waals surface area (Å²) in [6, 6.07) is 8.99. The van der Waals surface area contributed by atoms with Crippen LogP contribution < -0.4 is 11.1 Å². The molecule has 0 unspecified atom stereocenters. The number of carbonyl (C=O) groups is 1. The van der Waals surface area contributed by atoms with Crippen molar-refractivity contribution in [1.82, 2.24) is 24.4 Å². The molecular weight excluding hydrogens is 366 g/mol. The number of nitrogen functional groups attached to an aromatic ring is 1. The lowest BCUT2D eigenvalue weighted by Crippen LogP contribution is -2.15. The lowest BCUT2D eigenvalue weighted by Gasteiger charge is -2.11. The normalized spacial score (nSPS) is 11.1. The van der Waals surface area contributed by atoms with Gasteiger partial charge in [-0.1, -0.05) is 17.7 Å². The second-order valence-electron chi connectivity index (χ2n) is 6.17. The Labute approximate surface area is 159 Å². The predicted octanol–water partition coefficient (Wildman–Crippen LogP) is 3.02. The van der Waals surface area contributed by atoms with Crippen LogP contribution in [0.3, 0.4) is 0 Å². The van der Waals surface area contributed by atoms with Gasteiger partial charge in [-0.25, -0.2) is 14.2 Å². The molecule has 3 aromatic heterocycles. The summed E-state index contributed by atoms with van der Waals surface area (Å²) in [5.74, 6) is 0.436. The van der Waals surface area contributed by atoms with Crippen molar-refractivity contribution in [3.8, 4) is 5.69 Å². The fraction of sp³-hybridized carbons (Fsp3) is 0.111. The smallest absolute Gasteiger partial charge is 0.262 e. The molecule has 0 fully saturated rings. The molecule has 0 atom stereocenters. The molecular formula is C18H16ClN7O. The minimum Gasteiger partial charge on any atom is -0.384 e. The number of nitrogens with zero attached hydrogens (tertiary/aromatic N) is 5. The van der Waals surface area contributed by atoms with Crippen LogP contribution in [0.4, 0.5) is 11.6 Å². The van der Waals surface area contributed by atoms with Crippen LogP contribution in [0.25, 0.3) is 11.3 Å². The average molecular weight is 382 g/mol. The van der Waals surface area contributed by atoms with Gasteiger partial charge in [-0.3, -0.25) is 4.79 Å². The Balaban J connectivity index is 1.74. The van der Waals surface area contributed by atoms with Crippen molar-refractivity contribution in [2.45, 2.75) is 13.8 Å². The Morgan fingerprint density at radius 1 is 1.22 bits per heavy atom. The standard InChI is InChI=1S/C18H16ClN7O/c1-10-3-4-13(19)14(7-10)26-16(8-11(2)24-26)23-18(27)12-9-21-25-6-5-15(20)22-17(12)25/h3-9H,1-2H3,(H2,20,22)(H,23,27). The first-order chi connectivity index (χ1) is 12.9. The van der Waals surface area contributed by atoms with Gasteiger partial charge in [0.15, 0.2) is 5.65 Å². The second-order valence-corrected chi connectivity index (χ2v) is 6.58. The quantitative estimate of drug-likeness (QED) is 0.567. The first kappa shape index (κ1) is 17.0. The number of fused-ring (bicyclic) bond motifs is 1. The van der Waals surface area contributed by atoms with Crippen molar-refractivity contribution in [2.75, 3.05) is 11.1 Å². The summed E-state index contributed by atoms with van der Waals surface area (Å²) in [7, 11) is 0. The number of benzene rings is 1. The fourth-order valence-corrected chi connectivity index (χ4v) is 2.98. The molecule has 9 heteroatoms. The molecule has 1 aromatic carbocycles. The van der Waals surface area contributed by atoms with Crippen LogP contribution in [-0.4, -0.2) is 30.3 Å². The molecule has 0 radical (unpaired) electrons. The Bertz CT molecular complexity index is 1180. The molecule has 4 rings (SSSR count). The van der Waals surface area contributed by atoms with Crippen molar-refractivity contribution in [2.24, 2.45) is 0 Å². The number of hydrogen-bond acceptors (Lipinski definition) is 5. The van der Waals surface area contributed by atoms with Crippen LogP contribution >= 0.6 is 11.6 Å². The molecule has 4 aromatic rings. The highest BCUT2D eigenvalue weighted by Gasteiger charge is 2.18. The van der Waals surface area contributed by atoms with E-state index >= 15 is 0 Å². The van der Waals surface area contributed by atoms with Crippen LogP contribution in [-0.2, 0) is 0 Å². The van der Waals surface area contributed by atoms with Crippen molar-refractivity contribution < 1.29 is 4.79 Å². The molecule has 0 saturated carbocycles. The maximum atomic E-state index is 12.8. The number of halogens is 1. The van der Waals surface area contributed by atoms with Gasteiger partial charge in [0.2, 0.25) is 0 Å². The first-order valence-electron chi connectivity index (χ1n) is 8.17. The number of carbonyl (C=O) groups excluding carboxylic acids is 1. The van der Waals surface area contributed by atoms with Gasteiger partial charge in [-0.05, 0) is 37.6 Å². The van der Waals surface area contributed by atoms with Crippen LogP contribution in [0.5, 0.6) is 0 Å². The van der Waals surface area contributed by atoms with Gasteiger partial charge in [0.1, 0.15) is 17.2 Å². The van der Waals surface area contributed by atoms with Gasteiger partial charge in [0, 0.05) is 12.3 Å². The summed E-state index contributed by atoms with van der Waals surface area (Å²) in [4.78, 5) is 17.0. The zero-order valence-electron chi connectivity index (χ0n) is 14.6. The molecule has 3 heterocycles. The van der Waals surface area contributed by atoms with Gasteiger partial charge in [-0.2, -0.15) is 10.2 Å². The molecule has 136 valence electrons. The Hall–Kier alpha value is -3.39. The van der Waals surface area contributed by atoms with Gasteiger partial charge >= 0.3 is 0 Å². The highest BCUT2D eigenvalue weighted by Crippen LogP contribution is 2.26. The number of aryl methyl sites for hydroxylation is 2. The summed E-state index contributed by atoms with van der Waals surface area (Å²) in [6.45, 7) is 3.80. The molecule has 0 aliphatic rings. The number of nitrogens with one attached hydrogen (secondary N) is 1. The number of nitrogens with two attached hydrogens (primary N) is 1. The maximum absolute atomic E-state index is 12.8. The van der Waals surface area contributed by atoms with Crippen molar-refractivity contribution in [3.05, 3.63) is 64.6 Å². The minimum absolute atomic E-state index is 0.308. The van der Waals surface area contributed by atoms with Crippen LogP contribution in [0.2, 0.25) is 5.02 Å². The number of rotatable bonds is 3. The maximum Gasteiger partial charge on any atom is 0.262 e. The third kappa shape index (κ3) is 3.11. The minimum atomic E-state index is -0.368. The van der Waals surface area contributed by atoms with Gasteiger partial charge < -0.3 is 11.1 Å². The third-order valence-corrected chi connectivity index (χ3v) is 4.36. The molecule has 3 N–H and O–H groups in total. The summed E-state index contributed by atoms with van der Waals surface area (Å²) >= 11 is 6.33. The zero-order valence-corrected chi connectivity index (χ0v) is 15.4. The topological polar surface area (TPSA) is 103 Å². The van der Waals surface area contributed by atoms with Crippen LogP contribution in [0.1, 0.15) is 21.6 Å². The van der Waals surface area contributed by atoms with E-state index in [9.17, 15) is 4.79 Å². The van der Waals surface area contributed by atoms with E-state index in [4.69, 9.17) is 17.3 Å². The fourth-order valence-electron chi connectivity index (χ4n) is 2.78. The molecule has 0 saturated heterocycles. The largest absolute Gasteiger partial charge is 0.384 e. The van der Waals surface area contributed by atoms with Gasteiger partial charge in [0.25, 0.3) is 5.91 Å². The van der Waals surface area contributed by atoms with E-state index in [2.05, 4.69) is 20.5 Å². The average Bonchev–Trinajstić information content (AvgIpc) is 3.20. The Morgan fingerprint density at radius 3 is 2.85 bits per heavy atom. The van der Waals surface area contributed by atoms with Crippen molar-refractivity contribution in [1.29, 1.82) is 0 Å². The predicted molar refractivity (Wildman–Crippen MR) is 103 cm³/mol. The Kier molecular flexibility index (Phi) is 4.04. The molecule has 8 nitrogen and oxygen atoms in total. The van der Waals surface area contributed by atoms with Gasteiger partial charge in [0.05, 0.1) is 22.6 Å². The second kappa shape index (κ2) is 6.40. The number of anilines is 2. The van der Waals surface area contributed by atoms with E-state index in [0.29, 0.717) is 33.6 Å². The first-order valence-corrected chi connectivity index (χ1v) is 8.54. The van der Waals surface area contributed by atoms with Crippen LogP contribution in [0, 0.1) is 13.8 Å². The van der Waals surface area contributed by atoms with Gasteiger partial charge in [-0.15, -0.1) is 0 Å². The molecule has 1 amide bonds. The Morgan fingerprint density at radius 2 is 2.04 bits per heavy atom. The summed E-state index contributed by atoms with van der Waals surface area (Å²) in [6.07, 6.45) is 3.10. The van der Waals surface area contributed by atoms with E-state index in [0.717, 1.165) is 11.3 Å². The monoisotopic (exact) mass is 381 g/mol. The molecule has 0 spiro atoms. The molecule has 27 heavy (non-hydrogen) atoms. The van der Waals surface area contributed by atoms with E-state index < -0.39 is 0 Å². The van der Waals surface area contributed by atoms with E-state index in [1.807, 2.05) is 26.0 Å². The highest BCUT2D eigenvalue weighted by molar-refractivity contribution is 6.32.